The fourth-order valence-electron chi connectivity index (χ4n) is 3.19. The van der Waals surface area contributed by atoms with Crippen LogP contribution in [-0.4, -0.2) is 95.4 Å². The summed E-state index contributed by atoms with van der Waals surface area (Å²) >= 11 is 0. The van der Waals surface area contributed by atoms with Crippen molar-refractivity contribution in [1.82, 2.24) is 14.7 Å². The maximum atomic E-state index is 5.10. The largest absolute Gasteiger partial charge is 0.388 e. The van der Waals surface area contributed by atoms with Crippen LogP contribution in [0.25, 0.3) is 0 Å². The van der Waals surface area contributed by atoms with E-state index in [0.29, 0.717) is 0 Å². The Bertz CT molecular complexity index is 423. The summed E-state index contributed by atoms with van der Waals surface area (Å²) in [6.45, 7) is 9.30. The lowest BCUT2D eigenvalue weighted by molar-refractivity contribution is 0.0503. The molecule has 1 aromatic rings. The smallest absolute Gasteiger partial charge is 0.0594 e. The molecule has 3 fully saturated rings. The molecule has 0 bridgehead atoms. The Morgan fingerprint density at radius 3 is 1.32 bits per heavy atom. The van der Waals surface area contributed by atoms with E-state index in [-0.39, 0.29) is 0 Å². The third-order valence-corrected chi connectivity index (χ3v) is 5.21. The first kappa shape index (κ1) is 24.9. The molecule has 0 aromatic heterocycles. The summed E-state index contributed by atoms with van der Waals surface area (Å²) in [6.07, 6.45) is 7.10. The molecule has 0 aliphatic carbocycles. The van der Waals surface area contributed by atoms with Crippen LogP contribution >= 0.6 is 0 Å². The van der Waals surface area contributed by atoms with Crippen LogP contribution in [0, 0.1) is 0 Å². The first-order valence-electron chi connectivity index (χ1n) is 11.0. The highest BCUT2D eigenvalue weighted by Gasteiger charge is 2.04. The molecule has 1 N–H and O–H groups in total. The SMILES string of the molecule is CN1CCCC1.CN1CCCCC1.CN1CCOCC1.CNc1ccccc1. The number of rotatable bonds is 1. The van der Waals surface area contributed by atoms with Crippen LogP contribution in [0.5, 0.6) is 0 Å². The zero-order chi connectivity index (χ0) is 20.5. The van der Waals surface area contributed by atoms with Crippen LogP contribution in [0.15, 0.2) is 30.3 Å². The fourth-order valence-corrected chi connectivity index (χ4v) is 3.19. The molecule has 0 unspecified atom stereocenters. The van der Waals surface area contributed by atoms with Gasteiger partial charge in [0.15, 0.2) is 0 Å². The standard InChI is InChI=1S/C7H9N.C6H13N.C5H11NO.C5H11N/c1-8-7-5-3-2-4-6-7;1-7-5-3-2-4-6-7;1-6-2-4-7-5-3-6;1-6-4-2-3-5-6/h2-6,8H,1H3;2-6H2,1H3;2-5H2,1H3;2-5H2,1H3. The number of nitrogens with zero attached hydrogens (tertiary/aromatic N) is 3. The van der Waals surface area contributed by atoms with Gasteiger partial charge >= 0.3 is 0 Å². The monoisotopic (exact) mass is 392 g/mol. The van der Waals surface area contributed by atoms with Crippen molar-refractivity contribution in [2.75, 3.05) is 86.0 Å². The van der Waals surface area contributed by atoms with Gasteiger partial charge in [-0.2, -0.15) is 0 Å². The van der Waals surface area contributed by atoms with Crippen LogP contribution in [0.1, 0.15) is 32.1 Å². The summed E-state index contributed by atoms with van der Waals surface area (Å²) in [5.41, 5.74) is 1.16. The van der Waals surface area contributed by atoms with E-state index >= 15 is 0 Å². The topological polar surface area (TPSA) is 31.0 Å². The predicted molar refractivity (Wildman–Crippen MR) is 122 cm³/mol. The van der Waals surface area contributed by atoms with Gasteiger partial charge in [-0.3, -0.25) is 0 Å². The van der Waals surface area contributed by atoms with Gasteiger partial charge in [-0.1, -0.05) is 24.6 Å². The van der Waals surface area contributed by atoms with Gasteiger partial charge in [0.25, 0.3) is 0 Å². The first-order chi connectivity index (χ1) is 13.6. The van der Waals surface area contributed by atoms with E-state index < -0.39 is 0 Å². The zero-order valence-corrected chi connectivity index (χ0v) is 18.8. The number of ether oxygens (including phenoxy) is 1. The Labute approximate surface area is 174 Å². The molecule has 0 spiro atoms. The molecule has 3 saturated heterocycles. The van der Waals surface area contributed by atoms with Crippen LogP contribution in [0.2, 0.25) is 0 Å². The Morgan fingerprint density at radius 2 is 1.07 bits per heavy atom. The molecule has 0 radical (unpaired) electrons. The maximum absolute atomic E-state index is 5.10. The van der Waals surface area contributed by atoms with Crippen LogP contribution < -0.4 is 5.32 Å². The molecule has 0 saturated carbocycles. The normalized spacial score (nSPS) is 20.6. The van der Waals surface area contributed by atoms with Crippen molar-refractivity contribution >= 4 is 5.69 Å². The summed E-state index contributed by atoms with van der Waals surface area (Å²) in [5, 5.41) is 3.03. The summed E-state index contributed by atoms with van der Waals surface area (Å²) in [6, 6.07) is 10.1. The van der Waals surface area contributed by atoms with Crippen molar-refractivity contribution in [3.05, 3.63) is 30.3 Å². The van der Waals surface area contributed by atoms with Gasteiger partial charge in [-0.15, -0.1) is 0 Å². The minimum absolute atomic E-state index is 0.913. The van der Waals surface area contributed by atoms with E-state index in [1.165, 1.54) is 58.3 Å². The fraction of sp³-hybridized carbons (Fsp3) is 0.739. The van der Waals surface area contributed by atoms with E-state index in [9.17, 15) is 0 Å². The number of likely N-dealkylation sites (tertiary alicyclic amines) is 2. The number of nitrogens with one attached hydrogen (secondary N) is 1. The molecule has 3 aliphatic rings. The average Bonchev–Trinajstić information content (AvgIpc) is 3.22. The van der Waals surface area contributed by atoms with Crippen molar-refractivity contribution < 1.29 is 4.74 Å². The molecular formula is C23H44N4O. The third kappa shape index (κ3) is 13.9. The molecule has 28 heavy (non-hydrogen) atoms. The number of likely N-dealkylation sites (N-methyl/N-ethyl adjacent to an activating group) is 1. The minimum Gasteiger partial charge on any atom is -0.388 e. The zero-order valence-electron chi connectivity index (χ0n) is 18.8. The van der Waals surface area contributed by atoms with Crippen LogP contribution in [-0.2, 0) is 4.74 Å². The first-order valence-corrected chi connectivity index (χ1v) is 11.0. The number of morpholine rings is 1. The quantitative estimate of drug-likeness (QED) is 0.791. The van der Waals surface area contributed by atoms with Gasteiger partial charge in [-0.05, 0) is 85.1 Å². The van der Waals surface area contributed by atoms with Gasteiger partial charge in [0.1, 0.15) is 0 Å². The number of hydrogen-bond donors (Lipinski definition) is 1. The Kier molecular flexibility index (Phi) is 14.9. The number of anilines is 1. The highest BCUT2D eigenvalue weighted by molar-refractivity contribution is 5.41. The molecule has 3 heterocycles. The molecule has 0 atom stereocenters. The molecule has 3 aliphatic heterocycles. The van der Waals surface area contributed by atoms with Gasteiger partial charge < -0.3 is 24.8 Å². The average molecular weight is 393 g/mol. The van der Waals surface area contributed by atoms with E-state index in [1.54, 1.807) is 0 Å². The second-order valence-corrected chi connectivity index (χ2v) is 7.91. The van der Waals surface area contributed by atoms with E-state index in [4.69, 9.17) is 4.74 Å². The molecular weight excluding hydrogens is 348 g/mol. The van der Waals surface area contributed by atoms with Gasteiger partial charge in [0, 0.05) is 25.8 Å². The van der Waals surface area contributed by atoms with Crippen molar-refractivity contribution in [2.45, 2.75) is 32.1 Å². The van der Waals surface area contributed by atoms with Crippen molar-refractivity contribution in [2.24, 2.45) is 0 Å². The molecule has 5 nitrogen and oxygen atoms in total. The molecule has 5 heteroatoms. The number of hydrogen-bond acceptors (Lipinski definition) is 5. The summed E-state index contributed by atoms with van der Waals surface area (Å²) in [4.78, 5) is 7.02. The molecule has 1 aromatic carbocycles. The highest BCUT2D eigenvalue weighted by Crippen LogP contribution is 2.05. The second-order valence-electron chi connectivity index (χ2n) is 7.91. The van der Waals surface area contributed by atoms with Gasteiger partial charge in [0.2, 0.25) is 0 Å². The van der Waals surface area contributed by atoms with E-state index in [2.05, 4.69) is 41.2 Å². The lowest BCUT2D eigenvalue weighted by Crippen LogP contribution is -2.32. The van der Waals surface area contributed by atoms with Crippen LogP contribution in [0.4, 0.5) is 5.69 Å². The maximum Gasteiger partial charge on any atom is 0.0594 e. The van der Waals surface area contributed by atoms with E-state index in [1.807, 2.05) is 37.4 Å². The highest BCUT2D eigenvalue weighted by atomic mass is 16.5. The van der Waals surface area contributed by atoms with Gasteiger partial charge in [0.05, 0.1) is 13.2 Å². The molecule has 162 valence electrons. The second kappa shape index (κ2) is 16.8. The number of para-hydroxylation sites is 1. The third-order valence-electron chi connectivity index (χ3n) is 5.21. The van der Waals surface area contributed by atoms with Gasteiger partial charge in [-0.25, -0.2) is 0 Å². The van der Waals surface area contributed by atoms with E-state index in [0.717, 1.165) is 32.0 Å². The lowest BCUT2D eigenvalue weighted by atomic mass is 10.1. The van der Waals surface area contributed by atoms with Crippen molar-refractivity contribution in [1.29, 1.82) is 0 Å². The lowest BCUT2D eigenvalue weighted by Gasteiger charge is -2.21. The number of piperidine rings is 1. The Balaban J connectivity index is 0.000000188. The van der Waals surface area contributed by atoms with Crippen LogP contribution in [0.3, 0.4) is 0 Å². The van der Waals surface area contributed by atoms with Crippen molar-refractivity contribution in [3.63, 3.8) is 0 Å². The Morgan fingerprint density at radius 1 is 0.643 bits per heavy atom. The molecule has 0 amide bonds. The predicted octanol–water partition coefficient (Wildman–Crippen LogP) is 3.49. The Hall–Kier alpha value is -1.14. The summed E-state index contributed by atoms with van der Waals surface area (Å²) in [5.74, 6) is 0. The number of benzene rings is 1. The molecule has 4 rings (SSSR count). The minimum atomic E-state index is 0.913. The van der Waals surface area contributed by atoms with Crippen molar-refractivity contribution in [3.8, 4) is 0 Å². The summed E-state index contributed by atoms with van der Waals surface area (Å²) in [7, 11) is 8.39. The summed E-state index contributed by atoms with van der Waals surface area (Å²) < 4.78 is 5.10.